The SMILES string of the molecule is CCC(=O)O.CCCCCCCCCCCNC(C)C(=O)O.[NaH]. The van der Waals surface area contributed by atoms with Gasteiger partial charge in [0.1, 0.15) is 6.04 Å². The zero-order chi connectivity index (χ0) is 17.2. The summed E-state index contributed by atoms with van der Waals surface area (Å²) >= 11 is 0. The topological polar surface area (TPSA) is 86.6 Å². The van der Waals surface area contributed by atoms with E-state index in [9.17, 15) is 9.59 Å². The van der Waals surface area contributed by atoms with Crippen LogP contribution in [0.1, 0.15) is 85.0 Å². The Morgan fingerprint density at radius 3 is 1.61 bits per heavy atom. The van der Waals surface area contributed by atoms with Gasteiger partial charge in [0, 0.05) is 6.42 Å². The van der Waals surface area contributed by atoms with Gasteiger partial charge in [-0.25, -0.2) is 0 Å². The van der Waals surface area contributed by atoms with Crippen molar-refractivity contribution in [2.24, 2.45) is 0 Å². The van der Waals surface area contributed by atoms with E-state index in [1.54, 1.807) is 13.8 Å². The number of hydrogen-bond acceptors (Lipinski definition) is 3. The Morgan fingerprint density at radius 1 is 0.870 bits per heavy atom. The molecule has 0 aliphatic rings. The van der Waals surface area contributed by atoms with Crippen LogP contribution < -0.4 is 5.32 Å². The van der Waals surface area contributed by atoms with Crippen LogP contribution in [0, 0.1) is 0 Å². The summed E-state index contributed by atoms with van der Waals surface area (Å²) < 4.78 is 0. The van der Waals surface area contributed by atoms with Crippen LogP contribution in [0.15, 0.2) is 0 Å². The molecule has 134 valence electrons. The Morgan fingerprint density at radius 2 is 1.26 bits per heavy atom. The van der Waals surface area contributed by atoms with Crippen molar-refractivity contribution in [1.29, 1.82) is 0 Å². The number of hydrogen-bond donors (Lipinski definition) is 3. The minimum absolute atomic E-state index is 0. The van der Waals surface area contributed by atoms with Crippen molar-refractivity contribution in [2.75, 3.05) is 6.54 Å². The molecular formula is C17H36NNaO4. The number of carboxylic acid groups (broad SMARTS) is 2. The zero-order valence-electron chi connectivity index (χ0n) is 14.6. The normalized spacial score (nSPS) is 10.9. The van der Waals surface area contributed by atoms with Gasteiger partial charge < -0.3 is 15.5 Å². The summed E-state index contributed by atoms with van der Waals surface area (Å²) in [5, 5.41) is 19.4. The Labute approximate surface area is 163 Å². The molecule has 1 unspecified atom stereocenters. The zero-order valence-corrected chi connectivity index (χ0v) is 14.6. The van der Waals surface area contributed by atoms with E-state index in [-0.39, 0.29) is 36.0 Å². The molecule has 0 bridgehead atoms. The van der Waals surface area contributed by atoms with Gasteiger partial charge in [-0.3, -0.25) is 9.59 Å². The third-order valence-corrected chi connectivity index (χ3v) is 3.40. The summed E-state index contributed by atoms with van der Waals surface area (Å²) in [7, 11) is 0. The third kappa shape index (κ3) is 27.1. The van der Waals surface area contributed by atoms with Crippen molar-refractivity contribution in [3.8, 4) is 0 Å². The Hall–Kier alpha value is -0.100. The molecule has 0 aromatic heterocycles. The van der Waals surface area contributed by atoms with Crippen molar-refractivity contribution in [1.82, 2.24) is 5.32 Å². The molecule has 0 radical (unpaired) electrons. The molecule has 0 aromatic rings. The second-order valence-corrected chi connectivity index (χ2v) is 5.59. The first-order valence-corrected chi connectivity index (χ1v) is 8.63. The molecule has 0 rings (SSSR count). The third-order valence-electron chi connectivity index (χ3n) is 3.40. The van der Waals surface area contributed by atoms with E-state index in [0.29, 0.717) is 0 Å². The van der Waals surface area contributed by atoms with Crippen LogP contribution in [0.25, 0.3) is 0 Å². The summed E-state index contributed by atoms with van der Waals surface area (Å²) in [6.45, 7) is 6.35. The predicted molar refractivity (Wildman–Crippen MR) is 97.4 cm³/mol. The molecule has 0 spiro atoms. The molecule has 23 heavy (non-hydrogen) atoms. The van der Waals surface area contributed by atoms with Crippen LogP contribution in [0.3, 0.4) is 0 Å². The Balaban J connectivity index is -0.000000578. The molecule has 0 aliphatic heterocycles. The molecule has 6 heteroatoms. The molecule has 0 heterocycles. The first kappa shape index (κ1) is 27.7. The van der Waals surface area contributed by atoms with Crippen LogP contribution in [0.5, 0.6) is 0 Å². The summed E-state index contributed by atoms with van der Waals surface area (Å²) in [5.41, 5.74) is 0. The van der Waals surface area contributed by atoms with Crippen LogP contribution >= 0.6 is 0 Å². The second kappa shape index (κ2) is 21.9. The standard InChI is InChI=1S/C14H29NO2.C3H6O2.Na.H/c1-3-4-5-6-7-8-9-10-11-12-15-13(2)14(16)17;1-2-3(4)5;;/h13,15H,3-12H2,1-2H3,(H,16,17);2H2,1H3,(H,4,5);;. The molecule has 0 saturated carbocycles. The number of carbonyl (C=O) groups is 2. The van der Waals surface area contributed by atoms with Crippen molar-refractivity contribution in [3.05, 3.63) is 0 Å². The van der Waals surface area contributed by atoms with Gasteiger partial charge in [0.25, 0.3) is 0 Å². The predicted octanol–water partition coefficient (Wildman–Crippen LogP) is 3.41. The average Bonchev–Trinajstić information content (AvgIpc) is 2.49. The van der Waals surface area contributed by atoms with E-state index in [2.05, 4.69) is 12.2 Å². The van der Waals surface area contributed by atoms with Gasteiger partial charge in [-0.2, -0.15) is 0 Å². The fraction of sp³-hybridized carbons (Fsp3) is 0.882. The van der Waals surface area contributed by atoms with Crippen LogP contribution in [0.2, 0.25) is 0 Å². The molecule has 0 saturated heterocycles. The van der Waals surface area contributed by atoms with Crippen LogP contribution in [-0.2, 0) is 9.59 Å². The van der Waals surface area contributed by atoms with Crippen molar-refractivity contribution >= 4 is 41.5 Å². The second-order valence-electron chi connectivity index (χ2n) is 5.59. The van der Waals surface area contributed by atoms with Gasteiger partial charge in [-0.15, -0.1) is 0 Å². The summed E-state index contributed by atoms with van der Waals surface area (Å²) in [6.07, 6.45) is 12.0. The number of aliphatic carboxylic acids is 2. The van der Waals surface area contributed by atoms with Gasteiger partial charge in [0.15, 0.2) is 0 Å². The number of carboxylic acids is 2. The first-order valence-electron chi connectivity index (χ1n) is 8.63. The fourth-order valence-electron chi connectivity index (χ4n) is 1.84. The van der Waals surface area contributed by atoms with Crippen LogP contribution in [0.4, 0.5) is 0 Å². The van der Waals surface area contributed by atoms with Crippen molar-refractivity contribution in [2.45, 2.75) is 91.0 Å². The number of nitrogens with one attached hydrogen (secondary N) is 1. The molecule has 5 nitrogen and oxygen atoms in total. The van der Waals surface area contributed by atoms with Gasteiger partial charge in [-0.1, -0.05) is 65.2 Å². The van der Waals surface area contributed by atoms with E-state index >= 15 is 0 Å². The van der Waals surface area contributed by atoms with E-state index < -0.39 is 18.0 Å². The molecule has 0 aliphatic carbocycles. The molecule has 0 fully saturated rings. The molecule has 0 aromatic carbocycles. The van der Waals surface area contributed by atoms with Gasteiger partial charge in [0.05, 0.1) is 0 Å². The Bertz CT molecular complexity index is 275. The van der Waals surface area contributed by atoms with E-state index in [1.165, 1.54) is 51.4 Å². The Kier molecular flexibility index (Phi) is 26.4. The monoisotopic (exact) mass is 341 g/mol. The molecule has 0 amide bonds. The number of rotatable bonds is 13. The van der Waals surface area contributed by atoms with E-state index in [0.717, 1.165) is 13.0 Å². The molecule has 3 N–H and O–H groups in total. The first-order chi connectivity index (χ1) is 10.5. The maximum atomic E-state index is 10.5. The summed E-state index contributed by atoms with van der Waals surface area (Å²) in [6, 6.07) is -0.413. The number of unbranched alkanes of at least 4 members (excludes halogenated alkanes) is 8. The van der Waals surface area contributed by atoms with Gasteiger partial charge >= 0.3 is 41.5 Å². The van der Waals surface area contributed by atoms with E-state index in [1.807, 2.05) is 0 Å². The average molecular weight is 341 g/mol. The van der Waals surface area contributed by atoms with E-state index in [4.69, 9.17) is 10.2 Å². The quantitative estimate of drug-likeness (QED) is 0.353. The van der Waals surface area contributed by atoms with Crippen molar-refractivity contribution in [3.63, 3.8) is 0 Å². The summed E-state index contributed by atoms with van der Waals surface area (Å²) in [5.74, 6) is -1.51. The van der Waals surface area contributed by atoms with Gasteiger partial charge in [-0.05, 0) is 19.9 Å². The van der Waals surface area contributed by atoms with Crippen molar-refractivity contribution < 1.29 is 19.8 Å². The fourth-order valence-corrected chi connectivity index (χ4v) is 1.84. The summed E-state index contributed by atoms with van der Waals surface area (Å²) in [4.78, 5) is 19.9. The maximum absolute atomic E-state index is 10.5. The van der Waals surface area contributed by atoms with Crippen LogP contribution in [-0.4, -0.2) is 64.3 Å². The molecular weight excluding hydrogens is 305 g/mol. The minimum atomic E-state index is -0.763. The van der Waals surface area contributed by atoms with Gasteiger partial charge in [0.2, 0.25) is 0 Å². The molecule has 1 atom stereocenters.